The Hall–Kier alpha value is -1.46. The van der Waals surface area contributed by atoms with Crippen molar-refractivity contribution in [3.8, 4) is 11.8 Å². The van der Waals surface area contributed by atoms with Crippen LogP contribution in [0.5, 0.6) is 0 Å². The molecule has 1 atom stereocenters. The number of hydrogen-bond acceptors (Lipinski definition) is 2. The number of nitrogens with one attached hydrogen (secondary N) is 1. The van der Waals surface area contributed by atoms with Crippen LogP contribution in [0.3, 0.4) is 0 Å². The normalized spacial score (nSPS) is 23.9. The highest BCUT2D eigenvalue weighted by atomic mass is 35.5. The Labute approximate surface area is 115 Å². The summed E-state index contributed by atoms with van der Waals surface area (Å²) in [5.74, 6) is 6.42. The average molecular weight is 263 g/mol. The number of nitrogens with zero attached hydrogens (tertiary/aromatic N) is 1. The third-order valence-corrected chi connectivity index (χ3v) is 2.84. The molecule has 18 heavy (non-hydrogen) atoms. The minimum Gasteiger partial charge on any atom is -0.376 e. The fourth-order valence-corrected chi connectivity index (χ4v) is 1.53. The molecule has 1 heterocycles. The summed E-state index contributed by atoms with van der Waals surface area (Å²) in [4.78, 5) is 4.18. The molecule has 2 nitrogen and oxygen atoms in total. The van der Waals surface area contributed by atoms with Gasteiger partial charge in [0.1, 0.15) is 0 Å². The minimum absolute atomic E-state index is 0.174. The number of hydrogen-bond donors (Lipinski definition) is 1. The van der Waals surface area contributed by atoms with Crippen molar-refractivity contribution in [2.24, 2.45) is 10.9 Å². The molecule has 96 valence electrons. The van der Waals surface area contributed by atoms with Gasteiger partial charge in [-0.2, -0.15) is 0 Å². The fourth-order valence-electron chi connectivity index (χ4n) is 1.33. The molecule has 0 saturated carbocycles. The standard InChI is InChI=1S/C15H19ClN2/c1-3-13(2)7-8-14-6-4-5-10-17-12-18-11-9-15(14)16/h3,6,9,12-13H,1,4-5,10-11H2,2H3,(H,17,18)/b14-6-,15-9+. The first-order valence-electron chi connectivity index (χ1n) is 6.16. The van der Waals surface area contributed by atoms with Gasteiger partial charge in [0.25, 0.3) is 0 Å². The van der Waals surface area contributed by atoms with Gasteiger partial charge in [-0.25, -0.2) is 0 Å². The summed E-state index contributed by atoms with van der Waals surface area (Å²) in [6, 6.07) is 0. The molecule has 1 aliphatic heterocycles. The van der Waals surface area contributed by atoms with Crippen LogP contribution in [0, 0.1) is 17.8 Å². The fraction of sp³-hybridized carbons (Fsp3) is 0.400. The highest BCUT2D eigenvalue weighted by Crippen LogP contribution is 2.15. The van der Waals surface area contributed by atoms with Gasteiger partial charge in [-0.1, -0.05) is 35.6 Å². The zero-order valence-electron chi connectivity index (χ0n) is 10.7. The molecule has 0 saturated heterocycles. The van der Waals surface area contributed by atoms with Gasteiger partial charge < -0.3 is 5.32 Å². The summed E-state index contributed by atoms with van der Waals surface area (Å²) in [5, 5.41) is 3.81. The van der Waals surface area contributed by atoms with E-state index in [0.717, 1.165) is 25.0 Å². The molecule has 0 fully saturated rings. The van der Waals surface area contributed by atoms with Crippen molar-refractivity contribution in [2.45, 2.75) is 19.8 Å². The third kappa shape index (κ3) is 5.75. The van der Waals surface area contributed by atoms with Crippen molar-refractivity contribution in [3.63, 3.8) is 0 Å². The van der Waals surface area contributed by atoms with Crippen LogP contribution in [0.1, 0.15) is 19.8 Å². The van der Waals surface area contributed by atoms with Gasteiger partial charge in [0, 0.05) is 18.0 Å². The number of allylic oxidation sites excluding steroid dienone is 4. The highest BCUT2D eigenvalue weighted by molar-refractivity contribution is 6.32. The first kappa shape index (κ1) is 14.6. The number of halogens is 1. The molecular formula is C15H19ClN2. The molecule has 1 N–H and O–H groups in total. The lowest BCUT2D eigenvalue weighted by atomic mass is 10.1. The minimum atomic E-state index is 0.174. The van der Waals surface area contributed by atoms with Crippen molar-refractivity contribution in [1.29, 1.82) is 0 Å². The molecule has 0 aromatic carbocycles. The Morgan fingerprint density at radius 2 is 2.39 bits per heavy atom. The van der Waals surface area contributed by atoms with Crippen molar-refractivity contribution < 1.29 is 0 Å². The Morgan fingerprint density at radius 3 is 3.17 bits per heavy atom. The van der Waals surface area contributed by atoms with Gasteiger partial charge in [0.15, 0.2) is 0 Å². The molecule has 0 radical (unpaired) electrons. The third-order valence-electron chi connectivity index (χ3n) is 2.48. The highest BCUT2D eigenvalue weighted by Gasteiger charge is 1.99. The van der Waals surface area contributed by atoms with Crippen LogP contribution >= 0.6 is 11.6 Å². The summed E-state index contributed by atoms with van der Waals surface area (Å²) in [6.45, 7) is 7.22. The van der Waals surface area contributed by atoms with Crippen LogP contribution in [0.2, 0.25) is 0 Å². The van der Waals surface area contributed by atoms with Gasteiger partial charge >= 0.3 is 0 Å². The molecule has 0 amide bonds. The van der Waals surface area contributed by atoms with E-state index in [2.05, 4.69) is 34.8 Å². The lowest BCUT2D eigenvalue weighted by Gasteiger charge is -1.99. The number of rotatable bonds is 1. The second-order valence-corrected chi connectivity index (χ2v) is 4.46. The maximum absolute atomic E-state index is 6.24. The molecule has 0 bridgehead atoms. The maximum Gasteiger partial charge on any atom is 0.0827 e. The van der Waals surface area contributed by atoms with Gasteiger partial charge in [-0.15, -0.1) is 6.58 Å². The summed E-state index contributed by atoms with van der Waals surface area (Å²) in [6.07, 6.45) is 9.52. The Morgan fingerprint density at radius 1 is 1.56 bits per heavy atom. The van der Waals surface area contributed by atoms with Crippen LogP contribution < -0.4 is 5.32 Å². The van der Waals surface area contributed by atoms with E-state index in [4.69, 9.17) is 11.6 Å². The van der Waals surface area contributed by atoms with E-state index in [1.165, 1.54) is 0 Å². The summed E-state index contributed by atoms with van der Waals surface area (Å²) >= 11 is 6.24. The largest absolute Gasteiger partial charge is 0.376 e. The van der Waals surface area contributed by atoms with Crippen molar-refractivity contribution in [3.05, 3.63) is 35.4 Å². The zero-order valence-corrected chi connectivity index (χ0v) is 11.5. The van der Waals surface area contributed by atoms with Gasteiger partial charge in [-0.3, -0.25) is 4.99 Å². The number of aliphatic imine (C=N–C) groups is 1. The van der Waals surface area contributed by atoms with E-state index in [1.807, 2.05) is 19.1 Å². The molecule has 0 spiro atoms. The average Bonchev–Trinajstić information content (AvgIpc) is 2.42. The summed E-state index contributed by atoms with van der Waals surface area (Å²) in [7, 11) is 0. The topological polar surface area (TPSA) is 24.4 Å². The lowest BCUT2D eigenvalue weighted by molar-refractivity contribution is 0.794. The lowest BCUT2D eigenvalue weighted by Crippen LogP contribution is -2.12. The van der Waals surface area contributed by atoms with Crippen molar-refractivity contribution in [2.75, 3.05) is 13.1 Å². The summed E-state index contributed by atoms with van der Waals surface area (Å²) < 4.78 is 0. The van der Waals surface area contributed by atoms with Crippen LogP contribution in [0.25, 0.3) is 0 Å². The van der Waals surface area contributed by atoms with Crippen LogP contribution in [0.4, 0.5) is 0 Å². The SMILES string of the molecule is C=CC(C)C#CC1=C/CCCNC=NC/C=C\1Cl. The van der Waals surface area contributed by atoms with Crippen LogP contribution in [0.15, 0.2) is 40.4 Å². The quantitative estimate of drug-likeness (QED) is 0.569. The van der Waals surface area contributed by atoms with Crippen molar-refractivity contribution in [1.82, 2.24) is 5.32 Å². The first-order valence-corrected chi connectivity index (χ1v) is 6.54. The molecule has 3 heteroatoms. The summed E-state index contributed by atoms with van der Waals surface area (Å²) in [5.41, 5.74) is 0.891. The van der Waals surface area contributed by atoms with Crippen LogP contribution in [-0.4, -0.2) is 19.4 Å². The zero-order chi connectivity index (χ0) is 13.2. The molecule has 1 rings (SSSR count). The van der Waals surface area contributed by atoms with Gasteiger partial charge in [-0.05, 0) is 25.8 Å². The van der Waals surface area contributed by atoms with E-state index in [9.17, 15) is 0 Å². The molecule has 1 aliphatic rings. The predicted molar refractivity (Wildman–Crippen MR) is 79.8 cm³/mol. The van der Waals surface area contributed by atoms with E-state index in [1.54, 1.807) is 6.34 Å². The van der Waals surface area contributed by atoms with Gasteiger partial charge in [0.2, 0.25) is 0 Å². The Bertz CT molecular complexity index is 422. The van der Waals surface area contributed by atoms with E-state index < -0.39 is 0 Å². The van der Waals surface area contributed by atoms with E-state index >= 15 is 0 Å². The smallest absolute Gasteiger partial charge is 0.0827 e. The van der Waals surface area contributed by atoms with Gasteiger partial charge in [0.05, 0.1) is 17.9 Å². The Balaban J connectivity index is 2.86. The van der Waals surface area contributed by atoms with Crippen LogP contribution in [-0.2, 0) is 0 Å². The predicted octanol–water partition coefficient (Wildman–Crippen LogP) is 3.27. The maximum atomic E-state index is 6.24. The Kier molecular flexibility index (Phi) is 6.98. The van der Waals surface area contributed by atoms with Crippen molar-refractivity contribution >= 4 is 17.9 Å². The first-order chi connectivity index (χ1) is 8.74. The molecule has 0 aliphatic carbocycles. The second-order valence-electron chi connectivity index (χ2n) is 4.05. The van der Waals surface area contributed by atoms with E-state index in [-0.39, 0.29) is 5.92 Å². The second kappa shape index (κ2) is 8.60. The molecule has 1 unspecified atom stereocenters. The molecular weight excluding hydrogens is 244 g/mol. The monoisotopic (exact) mass is 262 g/mol. The van der Waals surface area contributed by atoms with E-state index in [0.29, 0.717) is 11.6 Å². The molecule has 0 aromatic rings. The molecule has 0 aromatic heterocycles.